The third-order valence-corrected chi connectivity index (χ3v) is 3.82. The van der Waals surface area contributed by atoms with E-state index in [0.29, 0.717) is 28.9 Å². The highest BCUT2D eigenvalue weighted by molar-refractivity contribution is 6.33. The highest BCUT2D eigenvalue weighted by Crippen LogP contribution is 2.22. The number of ether oxygens (including phenoxy) is 1. The second-order valence-electron chi connectivity index (χ2n) is 5.02. The number of nitrogens with zero attached hydrogens (tertiary/aromatic N) is 2. The van der Waals surface area contributed by atoms with Crippen molar-refractivity contribution < 1.29 is 9.53 Å². The largest absolute Gasteiger partial charge is 0.384 e. The third kappa shape index (κ3) is 3.41. The molecule has 2 rings (SSSR count). The van der Waals surface area contributed by atoms with Crippen LogP contribution in [0.25, 0.3) is 0 Å². The van der Waals surface area contributed by atoms with Gasteiger partial charge in [-0.1, -0.05) is 11.6 Å². The first-order chi connectivity index (χ1) is 9.65. The minimum absolute atomic E-state index is 0.0112. The van der Waals surface area contributed by atoms with Crippen LogP contribution in [0.15, 0.2) is 12.3 Å². The van der Waals surface area contributed by atoms with Crippen molar-refractivity contribution >= 4 is 23.3 Å². The molecule has 1 aliphatic rings. The van der Waals surface area contributed by atoms with Gasteiger partial charge in [0.1, 0.15) is 5.82 Å². The molecular weight excluding hydrogens is 278 g/mol. The molecule has 0 saturated carbocycles. The van der Waals surface area contributed by atoms with Crippen LogP contribution >= 0.6 is 11.6 Å². The SMILES string of the molecule is CNc1ncc(C(=O)N2CCCC(COC)C2)cc1Cl. The van der Waals surface area contributed by atoms with Gasteiger partial charge in [0.05, 0.1) is 17.2 Å². The predicted molar refractivity (Wildman–Crippen MR) is 79.3 cm³/mol. The number of hydrogen-bond acceptors (Lipinski definition) is 4. The fraction of sp³-hybridized carbons (Fsp3) is 0.571. The summed E-state index contributed by atoms with van der Waals surface area (Å²) >= 11 is 6.08. The van der Waals surface area contributed by atoms with Crippen LogP contribution in [0.4, 0.5) is 5.82 Å². The van der Waals surface area contributed by atoms with Crippen LogP contribution in [0, 0.1) is 5.92 Å². The minimum atomic E-state index is -0.0112. The molecule has 1 aromatic rings. The van der Waals surface area contributed by atoms with Crippen molar-refractivity contribution in [3.8, 4) is 0 Å². The fourth-order valence-corrected chi connectivity index (χ4v) is 2.80. The van der Waals surface area contributed by atoms with E-state index >= 15 is 0 Å². The molecule has 1 fully saturated rings. The molecule has 2 heterocycles. The number of aromatic nitrogens is 1. The van der Waals surface area contributed by atoms with Gasteiger partial charge in [0, 0.05) is 33.4 Å². The Morgan fingerprint density at radius 2 is 2.45 bits per heavy atom. The Balaban J connectivity index is 2.08. The number of rotatable bonds is 4. The molecule has 5 nitrogen and oxygen atoms in total. The highest BCUT2D eigenvalue weighted by atomic mass is 35.5. The lowest BCUT2D eigenvalue weighted by Gasteiger charge is -2.32. The van der Waals surface area contributed by atoms with Gasteiger partial charge < -0.3 is 15.0 Å². The minimum Gasteiger partial charge on any atom is -0.384 e. The zero-order valence-corrected chi connectivity index (χ0v) is 12.6. The van der Waals surface area contributed by atoms with Crippen LogP contribution in [-0.2, 0) is 4.74 Å². The van der Waals surface area contributed by atoms with Gasteiger partial charge in [-0.25, -0.2) is 4.98 Å². The number of halogens is 1. The average molecular weight is 298 g/mol. The average Bonchev–Trinajstić information content (AvgIpc) is 2.47. The van der Waals surface area contributed by atoms with Gasteiger partial charge in [-0.15, -0.1) is 0 Å². The first-order valence-electron chi connectivity index (χ1n) is 6.77. The quantitative estimate of drug-likeness (QED) is 0.926. The predicted octanol–water partition coefficient (Wildman–Crippen LogP) is 2.28. The van der Waals surface area contributed by atoms with Gasteiger partial charge in [0.15, 0.2) is 0 Å². The zero-order chi connectivity index (χ0) is 14.5. The van der Waals surface area contributed by atoms with Crippen molar-refractivity contribution in [3.05, 3.63) is 22.8 Å². The molecule has 1 atom stereocenters. The fourth-order valence-electron chi connectivity index (χ4n) is 2.54. The van der Waals surface area contributed by atoms with E-state index in [1.807, 2.05) is 4.90 Å². The number of pyridine rings is 1. The molecule has 0 spiro atoms. The van der Waals surface area contributed by atoms with Gasteiger partial charge in [0.25, 0.3) is 5.91 Å². The summed E-state index contributed by atoms with van der Waals surface area (Å²) in [7, 11) is 3.44. The Hall–Kier alpha value is -1.33. The van der Waals surface area contributed by atoms with Gasteiger partial charge in [-0.3, -0.25) is 4.79 Å². The van der Waals surface area contributed by atoms with Crippen LogP contribution in [0.2, 0.25) is 5.02 Å². The Bertz CT molecular complexity index is 479. The number of amides is 1. The number of hydrogen-bond donors (Lipinski definition) is 1. The molecule has 0 radical (unpaired) electrons. The molecule has 0 bridgehead atoms. The van der Waals surface area contributed by atoms with E-state index in [1.165, 1.54) is 0 Å². The first-order valence-corrected chi connectivity index (χ1v) is 7.15. The van der Waals surface area contributed by atoms with Crippen molar-refractivity contribution in [1.29, 1.82) is 0 Å². The van der Waals surface area contributed by atoms with E-state index in [1.54, 1.807) is 26.4 Å². The zero-order valence-electron chi connectivity index (χ0n) is 11.9. The highest BCUT2D eigenvalue weighted by Gasteiger charge is 2.25. The number of piperidine rings is 1. The lowest BCUT2D eigenvalue weighted by atomic mass is 9.98. The van der Waals surface area contributed by atoms with Crippen molar-refractivity contribution in [1.82, 2.24) is 9.88 Å². The van der Waals surface area contributed by atoms with Crippen LogP contribution in [-0.4, -0.2) is 49.6 Å². The monoisotopic (exact) mass is 297 g/mol. The van der Waals surface area contributed by atoms with E-state index < -0.39 is 0 Å². The molecule has 1 saturated heterocycles. The Labute approximate surface area is 124 Å². The normalized spacial score (nSPS) is 18.9. The maximum Gasteiger partial charge on any atom is 0.255 e. The van der Waals surface area contributed by atoms with E-state index in [9.17, 15) is 4.79 Å². The van der Waals surface area contributed by atoms with Crippen molar-refractivity contribution in [2.24, 2.45) is 5.92 Å². The Kier molecular flexibility index (Phi) is 5.20. The molecule has 20 heavy (non-hydrogen) atoms. The summed E-state index contributed by atoms with van der Waals surface area (Å²) in [5.41, 5.74) is 0.534. The molecular formula is C14H20ClN3O2. The summed E-state index contributed by atoms with van der Waals surface area (Å²) in [4.78, 5) is 18.5. The van der Waals surface area contributed by atoms with Crippen LogP contribution in [0.1, 0.15) is 23.2 Å². The molecule has 1 aliphatic heterocycles. The van der Waals surface area contributed by atoms with Gasteiger partial charge in [0.2, 0.25) is 0 Å². The number of methoxy groups -OCH3 is 1. The lowest BCUT2D eigenvalue weighted by molar-refractivity contribution is 0.0570. The van der Waals surface area contributed by atoms with E-state index in [-0.39, 0.29) is 5.91 Å². The van der Waals surface area contributed by atoms with Gasteiger partial charge >= 0.3 is 0 Å². The summed E-state index contributed by atoms with van der Waals surface area (Å²) < 4.78 is 5.18. The summed E-state index contributed by atoms with van der Waals surface area (Å²) in [5.74, 6) is 0.986. The second kappa shape index (κ2) is 6.90. The molecule has 0 aliphatic carbocycles. The van der Waals surface area contributed by atoms with Crippen LogP contribution in [0.5, 0.6) is 0 Å². The standard InChI is InChI=1S/C14H20ClN3O2/c1-16-13-12(15)6-11(7-17-13)14(19)18-5-3-4-10(8-18)9-20-2/h6-7,10H,3-5,8-9H2,1-2H3,(H,16,17). The van der Waals surface area contributed by atoms with E-state index in [4.69, 9.17) is 16.3 Å². The third-order valence-electron chi connectivity index (χ3n) is 3.53. The number of likely N-dealkylation sites (tertiary alicyclic amines) is 1. The van der Waals surface area contributed by atoms with Crippen molar-refractivity contribution in [2.45, 2.75) is 12.8 Å². The second-order valence-corrected chi connectivity index (χ2v) is 5.43. The van der Waals surface area contributed by atoms with Crippen LogP contribution < -0.4 is 5.32 Å². The first kappa shape index (κ1) is 15.1. The van der Waals surface area contributed by atoms with Gasteiger partial charge in [-0.05, 0) is 24.8 Å². The topological polar surface area (TPSA) is 54.5 Å². The summed E-state index contributed by atoms with van der Waals surface area (Å²) in [5, 5.41) is 3.34. The maximum atomic E-state index is 12.5. The van der Waals surface area contributed by atoms with Crippen molar-refractivity contribution in [2.75, 3.05) is 39.2 Å². The summed E-state index contributed by atoms with van der Waals surface area (Å²) in [6.07, 6.45) is 3.69. The van der Waals surface area contributed by atoms with Gasteiger partial charge in [-0.2, -0.15) is 0 Å². The number of carbonyl (C=O) groups excluding carboxylic acids is 1. The summed E-state index contributed by atoms with van der Waals surface area (Å²) in [6, 6.07) is 1.67. The maximum absolute atomic E-state index is 12.5. The number of nitrogens with one attached hydrogen (secondary N) is 1. The molecule has 1 N–H and O–H groups in total. The Morgan fingerprint density at radius 3 is 3.10 bits per heavy atom. The van der Waals surface area contributed by atoms with Crippen molar-refractivity contribution in [3.63, 3.8) is 0 Å². The van der Waals surface area contributed by atoms with E-state index in [0.717, 1.165) is 25.9 Å². The smallest absolute Gasteiger partial charge is 0.255 e. The summed E-state index contributed by atoms with van der Waals surface area (Å²) in [6.45, 7) is 2.21. The van der Waals surface area contributed by atoms with Crippen LogP contribution in [0.3, 0.4) is 0 Å². The molecule has 1 aromatic heterocycles. The van der Waals surface area contributed by atoms with E-state index in [2.05, 4.69) is 10.3 Å². The molecule has 110 valence electrons. The number of carbonyl (C=O) groups is 1. The molecule has 6 heteroatoms. The number of anilines is 1. The Morgan fingerprint density at radius 1 is 1.65 bits per heavy atom. The molecule has 0 aromatic carbocycles. The molecule has 1 unspecified atom stereocenters. The molecule has 1 amide bonds. The lowest BCUT2D eigenvalue weighted by Crippen LogP contribution is -2.41.